The number of quaternary nitrogens is 1. The van der Waals surface area contributed by atoms with Crippen molar-refractivity contribution in [2.75, 3.05) is 33.8 Å². The molecule has 0 spiro atoms. The molecule has 1 unspecified atom stereocenters. The molecule has 3 aromatic rings. The van der Waals surface area contributed by atoms with E-state index in [1.807, 2.05) is 61.7 Å². The number of carbonyl (C=O) groups is 2. The van der Waals surface area contributed by atoms with Crippen LogP contribution in [-0.2, 0) is 14.9 Å². The summed E-state index contributed by atoms with van der Waals surface area (Å²) in [6, 6.07) is 22.1. The van der Waals surface area contributed by atoms with Gasteiger partial charge in [-0.15, -0.1) is 0 Å². The van der Waals surface area contributed by atoms with Crippen LogP contribution in [0.3, 0.4) is 0 Å². The van der Waals surface area contributed by atoms with E-state index in [1.54, 1.807) is 0 Å². The molecule has 1 saturated heterocycles. The summed E-state index contributed by atoms with van der Waals surface area (Å²) in [5, 5.41) is 5.59. The number of carbonyl (C=O) groups excluding carboxylic acids is 2. The fourth-order valence-corrected chi connectivity index (χ4v) is 7.78. The Morgan fingerprint density at radius 2 is 1.77 bits per heavy atom. The number of esters is 1. The van der Waals surface area contributed by atoms with Crippen LogP contribution >= 0.6 is 0 Å². The second kappa shape index (κ2) is 10.3. The van der Waals surface area contributed by atoms with Crippen molar-refractivity contribution >= 4 is 22.6 Å². The van der Waals surface area contributed by atoms with Crippen LogP contribution in [0.25, 0.3) is 10.8 Å². The van der Waals surface area contributed by atoms with E-state index in [0.717, 1.165) is 65.5 Å². The number of methoxy groups -OCH3 is 1. The predicted octanol–water partition coefficient (Wildman–Crippen LogP) is 5.63. The molecule has 6 rings (SSSR count). The molecular formula is C34H41N2O4+. The van der Waals surface area contributed by atoms with Crippen molar-refractivity contribution in [2.24, 2.45) is 5.92 Å². The van der Waals surface area contributed by atoms with Crippen LogP contribution in [0.5, 0.6) is 5.75 Å². The van der Waals surface area contributed by atoms with E-state index in [0.29, 0.717) is 11.3 Å². The number of hydrogen-bond acceptors (Lipinski definition) is 4. The summed E-state index contributed by atoms with van der Waals surface area (Å²) in [7, 11) is 4.26. The van der Waals surface area contributed by atoms with E-state index in [2.05, 4.69) is 24.5 Å². The lowest BCUT2D eigenvalue weighted by Crippen LogP contribution is -2.72. The fraction of sp³-hybridized carbons (Fsp3) is 0.471. The smallest absolute Gasteiger partial charge is 0.308 e. The predicted molar refractivity (Wildman–Crippen MR) is 156 cm³/mol. The van der Waals surface area contributed by atoms with Gasteiger partial charge in [-0.25, -0.2) is 0 Å². The van der Waals surface area contributed by atoms with Crippen LogP contribution in [0, 0.1) is 5.92 Å². The van der Waals surface area contributed by atoms with Crippen molar-refractivity contribution in [3.05, 3.63) is 77.9 Å². The van der Waals surface area contributed by atoms with Crippen molar-refractivity contribution in [1.82, 2.24) is 5.32 Å². The van der Waals surface area contributed by atoms with Crippen molar-refractivity contribution in [3.63, 3.8) is 0 Å². The SMILES string of the molecule is COC12CC[C@H](NC(=O)c3ccc4ccccc4c3)C[C@]1(c1cccc(OC(C)=O)c1)CC[N@+](C)(CC1CC1)C2. The maximum absolute atomic E-state index is 13.5. The van der Waals surface area contributed by atoms with Crippen molar-refractivity contribution in [2.45, 2.75) is 62.5 Å². The first kappa shape index (κ1) is 27.0. The molecule has 1 heterocycles. The summed E-state index contributed by atoms with van der Waals surface area (Å²) >= 11 is 0. The van der Waals surface area contributed by atoms with E-state index in [9.17, 15) is 9.59 Å². The van der Waals surface area contributed by atoms with Gasteiger partial charge in [-0.3, -0.25) is 9.59 Å². The number of nitrogens with one attached hydrogen (secondary N) is 1. The first-order valence-electron chi connectivity index (χ1n) is 14.7. The average molecular weight is 542 g/mol. The number of nitrogens with zero attached hydrogens (tertiary/aromatic N) is 1. The largest absolute Gasteiger partial charge is 0.427 e. The molecule has 1 amide bonds. The molecule has 3 fully saturated rings. The topological polar surface area (TPSA) is 64.6 Å². The molecule has 6 nitrogen and oxygen atoms in total. The number of ether oxygens (including phenoxy) is 2. The lowest BCUT2D eigenvalue weighted by Gasteiger charge is -2.61. The summed E-state index contributed by atoms with van der Waals surface area (Å²) in [5.41, 5.74) is 1.15. The second-order valence-corrected chi connectivity index (χ2v) is 12.8. The fourth-order valence-electron chi connectivity index (χ4n) is 7.78. The molecule has 1 N–H and O–H groups in total. The van der Waals surface area contributed by atoms with E-state index in [4.69, 9.17) is 9.47 Å². The standard InChI is InChI=1S/C34H40N2O4/c1-24(37)40-31-10-6-9-29(20-31)33-17-18-36(2,22-25-11-12-25)23-34(33,39-3)16-15-30(21-33)35-32(38)28-14-13-26-7-4-5-8-27(26)19-28/h4-10,13-14,19-20,25,30H,11-12,15-18,21-23H2,1-3H3/p+1/t30-,33-,34?,36+/m0/s1. The third-order valence-corrected chi connectivity index (χ3v) is 9.86. The van der Waals surface area contributed by atoms with E-state index >= 15 is 0 Å². The van der Waals surface area contributed by atoms with Gasteiger partial charge in [0.25, 0.3) is 5.91 Å². The molecule has 1 aliphatic heterocycles. The van der Waals surface area contributed by atoms with Gasteiger partial charge in [0.05, 0.1) is 20.1 Å². The highest BCUT2D eigenvalue weighted by atomic mass is 16.5. The van der Waals surface area contributed by atoms with Crippen LogP contribution in [0.2, 0.25) is 0 Å². The van der Waals surface area contributed by atoms with Crippen molar-refractivity contribution in [3.8, 4) is 5.75 Å². The molecule has 6 heteroatoms. The zero-order valence-corrected chi connectivity index (χ0v) is 23.9. The first-order valence-corrected chi connectivity index (χ1v) is 14.7. The minimum atomic E-state index is -0.367. The van der Waals surface area contributed by atoms with Crippen LogP contribution in [0.15, 0.2) is 66.7 Å². The number of likely N-dealkylation sites (tertiary alicyclic amines) is 1. The van der Waals surface area contributed by atoms with Crippen molar-refractivity contribution < 1.29 is 23.5 Å². The zero-order valence-electron chi connectivity index (χ0n) is 23.9. The highest BCUT2D eigenvalue weighted by Gasteiger charge is 2.63. The zero-order chi connectivity index (χ0) is 28.0. The molecular weight excluding hydrogens is 500 g/mol. The number of likely N-dealkylation sites (N-methyl/N-ethyl adjacent to an activating group) is 1. The van der Waals surface area contributed by atoms with Crippen LogP contribution in [0.4, 0.5) is 0 Å². The van der Waals surface area contributed by atoms with Crippen LogP contribution in [-0.4, -0.2) is 61.8 Å². The summed E-state index contributed by atoms with van der Waals surface area (Å²) < 4.78 is 13.2. The minimum Gasteiger partial charge on any atom is -0.427 e. The van der Waals surface area contributed by atoms with Crippen LogP contribution in [0.1, 0.15) is 61.4 Å². The molecule has 3 aromatic carbocycles. The molecule has 40 heavy (non-hydrogen) atoms. The lowest BCUT2D eigenvalue weighted by atomic mass is 9.54. The number of piperidine rings is 1. The lowest BCUT2D eigenvalue weighted by molar-refractivity contribution is -0.925. The number of amides is 1. The maximum Gasteiger partial charge on any atom is 0.308 e. The molecule has 0 bridgehead atoms. The number of fused-ring (bicyclic) bond motifs is 2. The van der Waals surface area contributed by atoms with Crippen molar-refractivity contribution in [1.29, 1.82) is 0 Å². The highest BCUT2D eigenvalue weighted by molar-refractivity contribution is 5.98. The van der Waals surface area contributed by atoms with E-state index in [1.165, 1.54) is 26.3 Å². The highest BCUT2D eigenvalue weighted by Crippen LogP contribution is 2.55. The molecule has 3 aliphatic rings. The van der Waals surface area contributed by atoms with Gasteiger partial charge in [-0.05, 0) is 72.7 Å². The summed E-state index contributed by atoms with van der Waals surface area (Å²) in [4.78, 5) is 25.3. The molecule has 0 radical (unpaired) electrons. The van der Waals surface area contributed by atoms with Gasteiger partial charge < -0.3 is 19.3 Å². The van der Waals surface area contributed by atoms with E-state index in [-0.39, 0.29) is 28.9 Å². The van der Waals surface area contributed by atoms with Gasteiger partial charge in [0.1, 0.15) is 17.9 Å². The molecule has 2 aliphatic carbocycles. The Hall–Kier alpha value is -3.22. The quantitative estimate of drug-likeness (QED) is 0.239. The van der Waals surface area contributed by atoms with Gasteiger partial charge in [-0.2, -0.15) is 0 Å². The number of hydrogen-bond donors (Lipinski definition) is 1. The minimum absolute atomic E-state index is 0.0138. The molecule has 4 atom stereocenters. The third kappa shape index (κ3) is 5.04. The Labute approximate surface area is 237 Å². The Kier molecular flexibility index (Phi) is 6.96. The Bertz CT molecular complexity index is 1430. The average Bonchev–Trinajstić information content (AvgIpc) is 3.76. The number of benzene rings is 3. The van der Waals surface area contributed by atoms with Gasteiger partial charge >= 0.3 is 5.97 Å². The van der Waals surface area contributed by atoms with Gasteiger partial charge in [0.15, 0.2) is 0 Å². The summed E-state index contributed by atoms with van der Waals surface area (Å²) in [6.45, 7) is 4.65. The van der Waals surface area contributed by atoms with Crippen LogP contribution < -0.4 is 10.1 Å². The first-order chi connectivity index (χ1) is 19.2. The monoisotopic (exact) mass is 541 g/mol. The van der Waals surface area contributed by atoms with Gasteiger partial charge in [0, 0.05) is 43.4 Å². The summed E-state index contributed by atoms with van der Waals surface area (Å²) in [6.07, 6.45) is 6.14. The Morgan fingerprint density at radius 3 is 2.52 bits per heavy atom. The Morgan fingerprint density at radius 1 is 0.975 bits per heavy atom. The molecule has 210 valence electrons. The van der Waals surface area contributed by atoms with Gasteiger partial charge in [0.2, 0.25) is 0 Å². The third-order valence-electron chi connectivity index (χ3n) is 9.86. The molecule has 0 aromatic heterocycles. The second-order valence-electron chi connectivity index (χ2n) is 12.8. The Balaban J connectivity index is 1.32. The summed E-state index contributed by atoms with van der Waals surface area (Å²) in [5.74, 6) is 1.03. The number of rotatable bonds is 7. The normalized spacial score (nSPS) is 29.9. The van der Waals surface area contributed by atoms with E-state index < -0.39 is 0 Å². The maximum atomic E-state index is 13.5. The molecule has 2 saturated carbocycles. The van der Waals surface area contributed by atoms with Gasteiger partial charge in [-0.1, -0.05) is 42.5 Å².